The van der Waals surface area contributed by atoms with E-state index in [4.69, 9.17) is 9.47 Å². The first-order valence-electron chi connectivity index (χ1n) is 8.32. The summed E-state index contributed by atoms with van der Waals surface area (Å²) >= 11 is 0. The van der Waals surface area contributed by atoms with Gasteiger partial charge in [-0.2, -0.15) is 0 Å². The van der Waals surface area contributed by atoms with E-state index in [0.717, 1.165) is 5.56 Å². The molecule has 0 saturated carbocycles. The Balaban J connectivity index is 2.53. The quantitative estimate of drug-likeness (QED) is 0.811. The Labute approximate surface area is 152 Å². The molecule has 0 saturated heterocycles. The van der Waals surface area contributed by atoms with E-state index in [-0.39, 0.29) is 5.56 Å². The molecule has 2 aromatic rings. The van der Waals surface area contributed by atoms with Crippen LogP contribution in [0.2, 0.25) is 0 Å². The van der Waals surface area contributed by atoms with Crippen LogP contribution in [-0.2, 0) is 4.74 Å². The van der Waals surface area contributed by atoms with Crippen LogP contribution >= 0.6 is 0 Å². The summed E-state index contributed by atoms with van der Waals surface area (Å²) in [5.41, 5.74) is 1.94. The van der Waals surface area contributed by atoms with Crippen molar-refractivity contribution in [1.82, 2.24) is 4.98 Å². The molecule has 0 aliphatic rings. The van der Waals surface area contributed by atoms with Crippen molar-refractivity contribution in [2.75, 3.05) is 6.61 Å². The summed E-state index contributed by atoms with van der Waals surface area (Å²) in [5, 5.41) is 9.26. The largest absolute Gasteiger partial charge is 0.493 e. The summed E-state index contributed by atoms with van der Waals surface area (Å²) in [6.07, 6.45) is 3.05. The molecule has 26 heavy (non-hydrogen) atoms. The zero-order valence-corrected chi connectivity index (χ0v) is 15.6. The lowest BCUT2D eigenvalue weighted by molar-refractivity contribution is 0.00689. The van der Waals surface area contributed by atoms with Gasteiger partial charge in [-0.15, -0.1) is 0 Å². The van der Waals surface area contributed by atoms with Crippen LogP contribution in [0.25, 0.3) is 11.1 Å². The van der Waals surface area contributed by atoms with Crippen molar-refractivity contribution >= 4 is 11.9 Å². The molecule has 0 aliphatic carbocycles. The maximum atomic E-state index is 12.3. The van der Waals surface area contributed by atoms with E-state index in [9.17, 15) is 14.7 Å². The number of carbonyl (C=O) groups excluding carboxylic acids is 1. The van der Waals surface area contributed by atoms with E-state index in [2.05, 4.69) is 4.98 Å². The summed E-state index contributed by atoms with van der Waals surface area (Å²) in [5.74, 6) is -1.06. The average molecular weight is 357 g/mol. The molecule has 1 heterocycles. The Hall–Kier alpha value is -2.89. The van der Waals surface area contributed by atoms with Gasteiger partial charge in [0, 0.05) is 23.5 Å². The van der Waals surface area contributed by atoms with Crippen molar-refractivity contribution < 1.29 is 24.2 Å². The second-order valence-corrected chi connectivity index (χ2v) is 6.87. The highest BCUT2D eigenvalue weighted by molar-refractivity contribution is 5.93. The Morgan fingerprint density at radius 1 is 1.12 bits per heavy atom. The highest BCUT2D eigenvalue weighted by Crippen LogP contribution is 2.35. The number of nitrogens with zero attached hydrogens (tertiary/aromatic N) is 1. The zero-order valence-electron chi connectivity index (χ0n) is 15.6. The summed E-state index contributed by atoms with van der Waals surface area (Å²) in [4.78, 5) is 27.8. The molecule has 0 unspecified atom stereocenters. The van der Waals surface area contributed by atoms with E-state index >= 15 is 0 Å². The summed E-state index contributed by atoms with van der Waals surface area (Å²) in [6, 6.07) is 4.72. The van der Waals surface area contributed by atoms with Crippen LogP contribution in [0, 0.1) is 6.92 Å². The van der Waals surface area contributed by atoms with Gasteiger partial charge >= 0.3 is 11.9 Å². The van der Waals surface area contributed by atoms with Crippen LogP contribution < -0.4 is 4.74 Å². The minimum atomic E-state index is -1.03. The normalized spacial score (nSPS) is 11.1. The number of carbonyl (C=O) groups is 2. The molecule has 1 aromatic carbocycles. The SMILES string of the molecule is CCOc1cc(C(=O)O)cc(C)c1-c1cncc(C(=O)OC(C)(C)C)c1. The molecule has 0 amide bonds. The second kappa shape index (κ2) is 7.56. The third-order valence-electron chi connectivity index (χ3n) is 3.51. The minimum Gasteiger partial charge on any atom is -0.493 e. The minimum absolute atomic E-state index is 0.144. The molecule has 0 radical (unpaired) electrons. The molecule has 6 heteroatoms. The standard InChI is InChI=1S/C20H23NO5/c1-6-25-16-9-13(18(22)23)7-12(2)17(16)14-8-15(11-21-10-14)19(24)26-20(3,4)5/h7-11H,6H2,1-5H3,(H,22,23). The monoisotopic (exact) mass is 357 g/mol. The van der Waals surface area contributed by atoms with E-state index < -0.39 is 17.5 Å². The number of hydrogen-bond donors (Lipinski definition) is 1. The molecule has 0 spiro atoms. The van der Waals surface area contributed by atoms with Crippen LogP contribution in [0.5, 0.6) is 5.75 Å². The lowest BCUT2D eigenvalue weighted by atomic mass is 9.97. The number of benzene rings is 1. The fourth-order valence-corrected chi connectivity index (χ4v) is 2.54. The maximum absolute atomic E-state index is 12.3. The van der Waals surface area contributed by atoms with Gasteiger partial charge in [-0.05, 0) is 58.4 Å². The number of aromatic carboxylic acids is 1. The molecule has 2 rings (SSSR count). The van der Waals surface area contributed by atoms with Crippen LogP contribution in [0.15, 0.2) is 30.6 Å². The highest BCUT2D eigenvalue weighted by Gasteiger charge is 2.20. The third-order valence-corrected chi connectivity index (χ3v) is 3.51. The first-order valence-corrected chi connectivity index (χ1v) is 8.32. The van der Waals surface area contributed by atoms with Crippen molar-refractivity contribution in [1.29, 1.82) is 0 Å². The first-order chi connectivity index (χ1) is 12.1. The number of hydrogen-bond acceptors (Lipinski definition) is 5. The number of carboxylic acid groups (broad SMARTS) is 1. The molecule has 1 N–H and O–H groups in total. The molecule has 6 nitrogen and oxygen atoms in total. The summed E-state index contributed by atoms with van der Waals surface area (Å²) in [7, 11) is 0. The molecule has 138 valence electrons. The van der Waals surface area contributed by atoms with Gasteiger partial charge in [0.2, 0.25) is 0 Å². The van der Waals surface area contributed by atoms with E-state index in [0.29, 0.717) is 29.0 Å². The first kappa shape index (κ1) is 19.4. The lowest BCUT2D eigenvalue weighted by Gasteiger charge is -2.20. The van der Waals surface area contributed by atoms with Crippen molar-refractivity contribution in [3.8, 4) is 16.9 Å². The highest BCUT2D eigenvalue weighted by atomic mass is 16.6. The van der Waals surface area contributed by atoms with Gasteiger partial charge in [0.25, 0.3) is 0 Å². The van der Waals surface area contributed by atoms with Gasteiger partial charge in [-0.25, -0.2) is 9.59 Å². The topological polar surface area (TPSA) is 85.7 Å². The number of carboxylic acids is 1. The lowest BCUT2D eigenvalue weighted by Crippen LogP contribution is -2.24. The molecule has 0 fully saturated rings. The van der Waals surface area contributed by atoms with Gasteiger partial charge in [0.1, 0.15) is 11.4 Å². The molecule has 1 aromatic heterocycles. The van der Waals surface area contributed by atoms with E-state index in [1.807, 2.05) is 6.92 Å². The van der Waals surface area contributed by atoms with Gasteiger partial charge in [0.15, 0.2) is 0 Å². The van der Waals surface area contributed by atoms with Crippen molar-refractivity contribution in [2.24, 2.45) is 0 Å². The van der Waals surface area contributed by atoms with Gasteiger partial charge in [0.05, 0.1) is 17.7 Å². The number of esters is 1. The molecule has 0 aliphatic heterocycles. The number of aryl methyl sites for hydroxylation is 1. The van der Waals surface area contributed by atoms with Gasteiger partial charge in [-0.1, -0.05) is 0 Å². The number of ether oxygens (including phenoxy) is 2. The average Bonchev–Trinajstić information content (AvgIpc) is 2.53. The molecule has 0 bridgehead atoms. The zero-order chi connectivity index (χ0) is 19.5. The Bertz CT molecular complexity index is 837. The van der Waals surface area contributed by atoms with E-state index in [1.54, 1.807) is 46.0 Å². The number of aromatic nitrogens is 1. The smallest absolute Gasteiger partial charge is 0.340 e. The van der Waals surface area contributed by atoms with Gasteiger partial charge < -0.3 is 14.6 Å². The maximum Gasteiger partial charge on any atom is 0.340 e. The van der Waals surface area contributed by atoms with Crippen LogP contribution in [0.4, 0.5) is 0 Å². The number of rotatable bonds is 5. The van der Waals surface area contributed by atoms with Gasteiger partial charge in [-0.3, -0.25) is 4.98 Å². The van der Waals surface area contributed by atoms with Crippen molar-refractivity contribution in [2.45, 2.75) is 40.2 Å². The van der Waals surface area contributed by atoms with Crippen LogP contribution in [0.1, 0.15) is 54.0 Å². The number of pyridine rings is 1. The van der Waals surface area contributed by atoms with Crippen LogP contribution in [-0.4, -0.2) is 34.2 Å². The van der Waals surface area contributed by atoms with Crippen molar-refractivity contribution in [3.63, 3.8) is 0 Å². The molecular formula is C20H23NO5. The Morgan fingerprint density at radius 2 is 1.81 bits per heavy atom. The third kappa shape index (κ3) is 4.59. The predicted molar refractivity (Wildman–Crippen MR) is 97.7 cm³/mol. The van der Waals surface area contributed by atoms with Crippen molar-refractivity contribution in [3.05, 3.63) is 47.3 Å². The summed E-state index contributed by atoms with van der Waals surface area (Å²) < 4.78 is 11.0. The Kier molecular flexibility index (Phi) is 5.65. The molecular weight excluding hydrogens is 334 g/mol. The fourth-order valence-electron chi connectivity index (χ4n) is 2.54. The predicted octanol–water partition coefficient (Wildman–Crippen LogP) is 4.11. The molecule has 0 atom stereocenters. The van der Waals surface area contributed by atoms with Crippen LogP contribution in [0.3, 0.4) is 0 Å². The Morgan fingerprint density at radius 3 is 2.38 bits per heavy atom. The fraction of sp³-hybridized carbons (Fsp3) is 0.350. The van der Waals surface area contributed by atoms with E-state index in [1.165, 1.54) is 12.3 Å². The second-order valence-electron chi connectivity index (χ2n) is 6.87. The summed E-state index contributed by atoms with van der Waals surface area (Å²) in [6.45, 7) is 9.39.